The molecular formula is C12H24N2O. The van der Waals surface area contributed by atoms with Gasteiger partial charge in [-0.15, -0.1) is 0 Å². The minimum absolute atomic E-state index is 0.131. The van der Waals surface area contributed by atoms with E-state index in [1.807, 2.05) is 13.8 Å². The van der Waals surface area contributed by atoms with E-state index in [1.54, 1.807) is 0 Å². The highest BCUT2D eigenvalue weighted by molar-refractivity contribution is 5.78. The van der Waals surface area contributed by atoms with Gasteiger partial charge in [0, 0.05) is 12.6 Å². The Balaban J connectivity index is 2.11. The maximum absolute atomic E-state index is 11.5. The van der Waals surface area contributed by atoms with Gasteiger partial charge < -0.3 is 10.6 Å². The van der Waals surface area contributed by atoms with E-state index >= 15 is 0 Å². The third-order valence-electron chi connectivity index (χ3n) is 3.07. The number of nitrogens with one attached hydrogen (secondary N) is 2. The number of hydrogen-bond acceptors (Lipinski definition) is 2. The Morgan fingerprint density at radius 3 is 2.53 bits per heavy atom. The Labute approximate surface area is 93.0 Å². The summed E-state index contributed by atoms with van der Waals surface area (Å²) >= 11 is 0. The Morgan fingerprint density at radius 1 is 1.40 bits per heavy atom. The second-order valence-corrected chi connectivity index (χ2v) is 5.06. The van der Waals surface area contributed by atoms with Crippen molar-refractivity contribution in [3.8, 4) is 0 Å². The lowest BCUT2D eigenvalue weighted by Gasteiger charge is -2.15. The SMILES string of the molecule is CCCC1(CNC(=O)CNC(C)C)CC1. The smallest absolute Gasteiger partial charge is 0.233 e. The Morgan fingerprint density at radius 2 is 2.07 bits per heavy atom. The van der Waals surface area contributed by atoms with E-state index in [-0.39, 0.29) is 5.91 Å². The Kier molecular flexibility index (Phi) is 4.58. The topological polar surface area (TPSA) is 41.1 Å². The molecular weight excluding hydrogens is 188 g/mol. The standard InChI is InChI=1S/C12H24N2O/c1-4-5-12(6-7-12)9-14-11(15)8-13-10(2)3/h10,13H,4-9H2,1-3H3,(H,14,15). The maximum Gasteiger partial charge on any atom is 0.233 e. The molecule has 1 fully saturated rings. The molecule has 1 rings (SSSR count). The molecule has 0 unspecified atom stereocenters. The van der Waals surface area contributed by atoms with Gasteiger partial charge in [-0.25, -0.2) is 0 Å². The molecule has 0 atom stereocenters. The van der Waals surface area contributed by atoms with Crippen LogP contribution in [0.3, 0.4) is 0 Å². The number of carbonyl (C=O) groups is 1. The minimum atomic E-state index is 0.131. The number of rotatable bonds is 7. The third-order valence-corrected chi connectivity index (χ3v) is 3.07. The summed E-state index contributed by atoms with van der Waals surface area (Å²) in [6.45, 7) is 7.63. The molecule has 1 saturated carbocycles. The average molecular weight is 212 g/mol. The van der Waals surface area contributed by atoms with Crippen molar-refractivity contribution in [3.63, 3.8) is 0 Å². The molecule has 1 aliphatic carbocycles. The van der Waals surface area contributed by atoms with Crippen molar-refractivity contribution in [2.45, 2.75) is 52.5 Å². The van der Waals surface area contributed by atoms with Crippen molar-refractivity contribution < 1.29 is 4.79 Å². The van der Waals surface area contributed by atoms with E-state index in [9.17, 15) is 4.79 Å². The van der Waals surface area contributed by atoms with Gasteiger partial charge in [-0.1, -0.05) is 27.2 Å². The van der Waals surface area contributed by atoms with Gasteiger partial charge in [-0.2, -0.15) is 0 Å². The van der Waals surface area contributed by atoms with Crippen molar-refractivity contribution in [1.29, 1.82) is 0 Å². The van der Waals surface area contributed by atoms with Crippen molar-refractivity contribution in [1.82, 2.24) is 10.6 Å². The van der Waals surface area contributed by atoms with E-state index in [4.69, 9.17) is 0 Å². The number of carbonyl (C=O) groups excluding carboxylic acids is 1. The predicted molar refractivity (Wildman–Crippen MR) is 62.7 cm³/mol. The molecule has 0 spiro atoms. The zero-order chi connectivity index (χ0) is 11.3. The van der Waals surface area contributed by atoms with Crippen LogP contribution in [0.4, 0.5) is 0 Å². The van der Waals surface area contributed by atoms with Crippen LogP contribution in [0.15, 0.2) is 0 Å². The van der Waals surface area contributed by atoms with Gasteiger partial charge in [0.25, 0.3) is 0 Å². The lowest BCUT2D eigenvalue weighted by molar-refractivity contribution is -0.120. The molecule has 15 heavy (non-hydrogen) atoms. The highest BCUT2D eigenvalue weighted by Gasteiger charge is 2.41. The van der Waals surface area contributed by atoms with Crippen molar-refractivity contribution >= 4 is 5.91 Å². The molecule has 88 valence electrons. The lowest BCUT2D eigenvalue weighted by Crippen LogP contribution is -2.39. The minimum Gasteiger partial charge on any atom is -0.354 e. The summed E-state index contributed by atoms with van der Waals surface area (Å²) in [5.41, 5.74) is 0.461. The van der Waals surface area contributed by atoms with E-state index in [0.29, 0.717) is 18.0 Å². The zero-order valence-electron chi connectivity index (χ0n) is 10.2. The summed E-state index contributed by atoms with van der Waals surface area (Å²) in [5, 5.41) is 6.15. The molecule has 3 heteroatoms. The van der Waals surface area contributed by atoms with Gasteiger partial charge in [0.15, 0.2) is 0 Å². The second kappa shape index (κ2) is 5.50. The normalized spacial score (nSPS) is 17.9. The first kappa shape index (κ1) is 12.5. The third kappa shape index (κ3) is 4.65. The molecule has 0 saturated heterocycles. The van der Waals surface area contributed by atoms with Gasteiger partial charge in [0.1, 0.15) is 0 Å². The van der Waals surface area contributed by atoms with Crippen LogP contribution in [-0.2, 0) is 4.79 Å². The van der Waals surface area contributed by atoms with Crippen LogP contribution in [0.1, 0.15) is 46.5 Å². The summed E-state index contributed by atoms with van der Waals surface area (Å²) in [6, 6.07) is 0.376. The fourth-order valence-electron chi connectivity index (χ4n) is 1.87. The van der Waals surface area contributed by atoms with E-state index in [1.165, 1.54) is 25.7 Å². The Bertz CT molecular complexity index is 210. The first-order valence-electron chi connectivity index (χ1n) is 6.08. The van der Waals surface area contributed by atoms with Crippen LogP contribution < -0.4 is 10.6 Å². The van der Waals surface area contributed by atoms with E-state index in [0.717, 1.165) is 6.54 Å². The molecule has 3 nitrogen and oxygen atoms in total. The largest absolute Gasteiger partial charge is 0.354 e. The molecule has 1 aliphatic rings. The predicted octanol–water partition coefficient (Wildman–Crippen LogP) is 1.68. The highest BCUT2D eigenvalue weighted by Crippen LogP contribution is 2.48. The number of hydrogen-bond donors (Lipinski definition) is 2. The van der Waals surface area contributed by atoms with E-state index in [2.05, 4.69) is 17.6 Å². The van der Waals surface area contributed by atoms with Crippen LogP contribution in [0.25, 0.3) is 0 Å². The van der Waals surface area contributed by atoms with Gasteiger partial charge in [0.2, 0.25) is 5.91 Å². The molecule has 0 bridgehead atoms. The fraction of sp³-hybridized carbons (Fsp3) is 0.917. The first-order valence-corrected chi connectivity index (χ1v) is 6.08. The molecule has 1 amide bonds. The van der Waals surface area contributed by atoms with Crippen molar-refractivity contribution in [2.24, 2.45) is 5.41 Å². The van der Waals surface area contributed by atoms with Crippen LogP contribution in [0.5, 0.6) is 0 Å². The second-order valence-electron chi connectivity index (χ2n) is 5.06. The van der Waals surface area contributed by atoms with Crippen LogP contribution in [0, 0.1) is 5.41 Å². The molecule has 0 heterocycles. The monoisotopic (exact) mass is 212 g/mol. The van der Waals surface area contributed by atoms with Crippen molar-refractivity contribution in [3.05, 3.63) is 0 Å². The fourth-order valence-corrected chi connectivity index (χ4v) is 1.87. The molecule has 0 aliphatic heterocycles. The van der Waals surface area contributed by atoms with Gasteiger partial charge in [-0.05, 0) is 24.7 Å². The van der Waals surface area contributed by atoms with Gasteiger partial charge in [-0.3, -0.25) is 4.79 Å². The van der Waals surface area contributed by atoms with Crippen LogP contribution in [-0.4, -0.2) is 25.0 Å². The molecule has 0 aromatic carbocycles. The molecule has 2 N–H and O–H groups in total. The summed E-state index contributed by atoms with van der Waals surface area (Å²) < 4.78 is 0. The number of amides is 1. The average Bonchev–Trinajstić information content (AvgIpc) is 2.93. The van der Waals surface area contributed by atoms with Gasteiger partial charge >= 0.3 is 0 Å². The molecule has 0 radical (unpaired) electrons. The first-order chi connectivity index (χ1) is 7.08. The quantitative estimate of drug-likeness (QED) is 0.674. The summed E-state index contributed by atoms with van der Waals surface area (Å²) in [4.78, 5) is 11.5. The molecule has 0 aromatic rings. The molecule has 0 aromatic heterocycles. The maximum atomic E-state index is 11.5. The lowest BCUT2D eigenvalue weighted by atomic mass is 10.0. The van der Waals surface area contributed by atoms with Crippen molar-refractivity contribution in [2.75, 3.05) is 13.1 Å². The Hall–Kier alpha value is -0.570. The highest BCUT2D eigenvalue weighted by atomic mass is 16.1. The van der Waals surface area contributed by atoms with E-state index < -0.39 is 0 Å². The van der Waals surface area contributed by atoms with Crippen LogP contribution >= 0.6 is 0 Å². The van der Waals surface area contributed by atoms with Crippen LogP contribution in [0.2, 0.25) is 0 Å². The summed E-state index contributed by atoms with van der Waals surface area (Å²) in [5.74, 6) is 0.131. The van der Waals surface area contributed by atoms with Gasteiger partial charge in [0.05, 0.1) is 6.54 Å². The summed E-state index contributed by atoms with van der Waals surface area (Å²) in [7, 11) is 0. The zero-order valence-corrected chi connectivity index (χ0v) is 10.2. The summed E-state index contributed by atoms with van der Waals surface area (Å²) in [6.07, 6.45) is 5.06.